The highest BCUT2D eigenvalue weighted by Gasteiger charge is 2.42. The molecular formula is C33H42ClN7O4S. The molecule has 0 aliphatic carbocycles. The Bertz CT molecular complexity index is 1630. The van der Waals surface area contributed by atoms with Crippen molar-refractivity contribution in [2.45, 2.75) is 71.4 Å². The van der Waals surface area contributed by atoms with Crippen molar-refractivity contribution in [2.75, 3.05) is 13.1 Å². The van der Waals surface area contributed by atoms with Crippen LogP contribution in [0.15, 0.2) is 60.5 Å². The van der Waals surface area contributed by atoms with Crippen LogP contribution in [0.25, 0.3) is 21.6 Å². The molecule has 1 saturated heterocycles. The van der Waals surface area contributed by atoms with Gasteiger partial charge in [0.05, 0.1) is 34.4 Å². The number of β-amino-alcohol motifs (C(OH)–C–C–N with tert-alkyl or cyclic N) is 1. The number of nitrogens with one attached hydrogen (secondary N) is 1. The van der Waals surface area contributed by atoms with E-state index in [2.05, 4.69) is 20.4 Å². The summed E-state index contributed by atoms with van der Waals surface area (Å²) in [6.45, 7) is 10.1. The summed E-state index contributed by atoms with van der Waals surface area (Å²) >= 11 is 1.59. The molecule has 13 heteroatoms. The molecule has 246 valence electrons. The van der Waals surface area contributed by atoms with E-state index in [4.69, 9.17) is 10.5 Å². The summed E-state index contributed by atoms with van der Waals surface area (Å²) in [5.74, 6) is -0.235. The number of thiazole rings is 1. The minimum absolute atomic E-state index is 0. The van der Waals surface area contributed by atoms with Crippen LogP contribution in [0, 0.1) is 12.8 Å². The summed E-state index contributed by atoms with van der Waals surface area (Å²) in [5, 5.41) is 18.2. The summed E-state index contributed by atoms with van der Waals surface area (Å²) < 4.78 is 7.40. The number of aliphatic hydroxyl groups is 1. The number of aromatic nitrogens is 4. The van der Waals surface area contributed by atoms with Crippen molar-refractivity contribution in [3.8, 4) is 27.4 Å². The minimum atomic E-state index is -0.797. The molecular weight excluding hydrogens is 626 g/mol. The van der Waals surface area contributed by atoms with Crippen LogP contribution in [-0.4, -0.2) is 72.9 Å². The molecule has 11 nitrogen and oxygen atoms in total. The standard InChI is InChI=1S/C33H41N7O4S.ClH/c1-19(2)30(40-16-26(15-37-40)25-10-11-35-29(12-25)44-20(3)14-34)33(43)39-17-27(41)13-28(39)32(42)38-21(4)23-6-8-24(9-7-23)31-22(5)36-18-45-31;/h6-12,15-16,18-21,27-28,30,41H,13-14,17,34H2,1-5H3,(H,38,42);1H/t20-,21+,27-,28+,30+;/m1./s1. The third-order valence-corrected chi connectivity index (χ3v) is 9.11. The highest BCUT2D eigenvalue weighted by molar-refractivity contribution is 7.13. The van der Waals surface area contributed by atoms with Gasteiger partial charge >= 0.3 is 0 Å². The number of likely N-dealkylation sites (tertiary alicyclic amines) is 1. The van der Waals surface area contributed by atoms with Crippen molar-refractivity contribution < 1.29 is 19.4 Å². The number of ether oxygens (including phenoxy) is 1. The Hall–Kier alpha value is -3.84. The predicted octanol–water partition coefficient (Wildman–Crippen LogP) is 4.56. The van der Waals surface area contributed by atoms with E-state index in [1.807, 2.05) is 82.7 Å². The van der Waals surface area contributed by atoms with E-state index in [-0.39, 0.29) is 55.3 Å². The first kappa shape index (κ1) is 35.0. The lowest BCUT2D eigenvalue weighted by Crippen LogP contribution is -2.49. The van der Waals surface area contributed by atoms with Crippen LogP contribution in [0.5, 0.6) is 5.88 Å². The number of amides is 2. The number of nitrogens with zero attached hydrogens (tertiary/aromatic N) is 5. The van der Waals surface area contributed by atoms with E-state index in [1.54, 1.807) is 28.4 Å². The average Bonchev–Trinajstić information content (AvgIpc) is 3.77. The number of aryl methyl sites for hydroxylation is 1. The van der Waals surface area contributed by atoms with Crippen LogP contribution in [0.3, 0.4) is 0 Å². The number of carbonyl (C=O) groups is 2. The monoisotopic (exact) mass is 667 g/mol. The van der Waals surface area contributed by atoms with E-state index < -0.39 is 18.2 Å². The second-order valence-corrected chi connectivity index (χ2v) is 12.8. The molecule has 5 rings (SSSR count). The zero-order valence-corrected chi connectivity index (χ0v) is 28.3. The van der Waals surface area contributed by atoms with Gasteiger partial charge in [-0.1, -0.05) is 38.1 Å². The molecule has 5 atom stereocenters. The SMILES string of the molecule is Cc1ncsc1-c1ccc([C@H](C)NC(=O)[C@@H]2C[C@@H](O)CN2C(=O)[C@H](C(C)C)n2cc(-c3ccnc(O[C@H](C)CN)c3)cn2)cc1.Cl. The van der Waals surface area contributed by atoms with Gasteiger partial charge in [-0.05, 0) is 49.4 Å². The van der Waals surface area contributed by atoms with Crippen LogP contribution in [-0.2, 0) is 9.59 Å². The molecule has 46 heavy (non-hydrogen) atoms. The molecule has 0 spiro atoms. The Morgan fingerprint density at radius 3 is 2.50 bits per heavy atom. The molecule has 0 radical (unpaired) electrons. The highest BCUT2D eigenvalue weighted by atomic mass is 35.5. The molecule has 4 aromatic rings. The number of halogens is 1. The summed E-state index contributed by atoms with van der Waals surface area (Å²) in [5.41, 5.74) is 12.1. The minimum Gasteiger partial charge on any atom is -0.473 e. The number of benzene rings is 1. The maximum Gasteiger partial charge on any atom is 0.248 e. The maximum absolute atomic E-state index is 14.1. The molecule has 4 N–H and O–H groups in total. The van der Waals surface area contributed by atoms with Gasteiger partial charge in [0.25, 0.3) is 0 Å². The number of aliphatic hydroxyl groups excluding tert-OH is 1. The molecule has 2 amide bonds. The Labute approximate surface area is 279 Å². The summed E-state index contributed by atoms with van der Waals surface area (Å²) in [6, 6.07) is 9.94. The quantitative estimate of drug-likeness (QED) is 0.211. The van der Waals surface area contributed by atoms with E-state index in [9.17, 15) is 14.7 Å². The predicted molar refractivity (Wildman–Crippen MR) is 181 cm³/mol. The van der Waals surface area contributed by atoms with Gasteiger partial charge in [-0.2, -0.15) is 5.10 Å². The van der Waals surface area contributed by atoms with Gasteiger partial charge in [0.2, 0.25) is 17.7 Å². The van der Waals surface area contributed by atoms with Crippen LogP contribution in [0.4, 0.5) is 0 Å². The molecule has 0 unspecified atom stereocenters. The van der Waals surface area contributed by atoms with E-state index in [1.165, 1.54) is 4.90 Å². The number of hydrogen-bond acceptors (Lipinski definition) is 9. The van der Waals surface area contributed by atoms with E-state index in [0.29, 0.717) is 12.4 Å². The molecule has 4 heterocycles. The Kier molecular flexibility index (Phi) is 11.5. The average molecular weight is 668 g/mol. The molecule has 1 fully saturated rings. The zero-order valence-electron chi connectivity index (χ0n) is 26.7. The summed E-state index contributed by atoms with van der Waals surface area (Å²) in [4.78, 5) is 38.8. The second-order valence-electron chi connectivity index (χ2n) is 12.0. The van der Waals surface area contributed by atoms with Crippen molar-refractivity contribution in [2.24, 2.45) is 11.7 Å². The Morgan fingerprint density at radius 2 is 1.85 bits per heavy atom. The van der Waals surface area contributed by atoms with Crippen LogP contribution >= 0.6 is 23.7 Å². The Morgan fingerprint density at radius 1 is 1.11 bits per heavy atom. The van der Waals surface area contributed by atoms with Gasteiger partial charge < -0.3 is 25.8 Å². The molecule has 0 bridgehead atoms. The molecule has 1 aliphatic rings. The van der Waals surface area contributed by atoms with Gasteiger partial charge in [-0.3, -0.25) is 14.3 Å². The molecule has 1 aromatic carbocycles. The maximum atomic E-state index is 14.1. The van der Waals surface area contributed by atoms with Crippen molar-refractivity contribution in [3.63, 3.8) is 0 Å². The number of rotatable bonds is 11. The van der Waals surface area contributed by atoms with E-state index >= 15 is 0 Å². The second kappa shape index (κ2) is 15.2. The molecule has 0 saturated carbocycles. The zero-order chi connectivity index (χ0) is 32.2. The van der Waals surface area contributed by atoms with Crippen LogP contribution < -0.4 is 15.8 Å². The summed E-state index contributed by atoms with van der Waals surface area (Å²) in [7, 11) is 0. The van der Waals surface area contributed by atoms with Gasteiger partial charge in [-0.15, -0.1) is 23.7 Å². The highest BCUT2D eigenvalue weighted by Crippen LogP contribution is 2.31. The lowest BCUT2D eigenvalue weighted by molar-refractivity contribution is -0.142. The smallest absolute Gasteiger partial charge is 0.248 e. The fourth-order valence-electron chi connectivity index (χ4n) is 5.62. The molecule has 3 aromatic heterocycles. The number of pyridine rings is 1. The first-order valence-corrected chi connectivity index (χ1v) is 16.1. The summed E-state index contributed by atoms with van der Waals surface area (Å²) in [6.07, 6.45) is 4.36. The van der Waals surface area contributed by atoms with Crippen molar-refractivity contribution in [3.05, 3.63) is 71.8 Å². The van der Waals surface area contributed by atoms with Crippen LogP contribution in [0.1, 0.15) is 57.5 Å². The fourth-order valence-corrected chi connectivity index (χ4v) is 6.43. The van der Waals surface area contributed by atoms with Gasteiger partial charge in [-0.25, -0.2) is 9.97 Å². The topological polar surface area (TPSA) is 148 Å². The number of nitrogens with two attached hydrogens (primary N) is 1. The van der Waals surface area contributed by atoms with Crippen LogP contribution in [0.2, 0.25) is 0 Å². The lowest BCUT2D eigenvalue weighted by Gasteiger charge is -2.30. The van der Waals surface area contributed by atoms with Crippen molar-refractivity contribution in [1.82, 2.24) is 30.0 Å². The van der Waals surface area contributed by atoms with Gasteiger partial charge in [0.15, 0.2) is 0 Å². The largest absolute Gasteiger partial charge is 0.473 e. The third kappa shape index (κ3) is 7.75. The first-order valence-electron chi connectivity index (χ1n) is 15.2. The van der Waals surface area contributed by atoms with Gasteiger partial charge in [0, 0.05) is 43.5 Å². The normalized spacial score (nSPS) is 18.1. The lowest BCUT2D eigenvalue weighted by atomic mass is 10.0. The molecule has 1 aliphatic heterocycles. The van der Waals surface area contributed by atoms with Crippen molar-refractivity contribution >= 4 is 35.6 Å². The third-order valence-electron chi connectivity index (χ3n) is 8.13. The van der Waals surface area contributed by atoms with E-state index in [0.717, 1.165) is 32.8 Å². The number of carbonyl (C=O) groups excluding carboxylic acids is 2. The van der Waals surface area contributed by atoms with Gasteiger partial charge in [0.1, 0.15) is 18.2 Å². The van der Waals surface area contributed by atoms with Crippen molar-refractivity contribution in [1.29, 1.82) is 0 Å². The fraction of sp³-hybridized carbons (Fsp3) is 0.424. The first-order chi connectivity index (χ1) is 21.5. The Balaban J connectivity index is 0.00000480. The number of hydrogen-bond donors (Lipinski definition) is 3.